The maximum absolute atomic E-state index is 12.7. The highest BCUT2D eigenvalue weighted by molar-refractivity contribution is 7.99. The van der Waals surface area contributed by atoms with E-state index in [0.29, 0.717) is 27.2 Å². The van der Waals surface area contributed by atoms with Crippen molar-refractivity contribution in [1.29, 1.82) is 0 Å². The summed E-state index contributed by atoms with van der Waals surface area (Å²) in [5, 5.41) is 13.6. The molecule has 0 fully saturated rings. The number of amides is 2. The molecule has 178 valence electrons. The number of aryl methyl sites for hydroxylation is 1. The van der Waals surface area contributed by atoms with Crippen LogP contribution in [-0.2, 0) is 27.2 Å². The van der Waals surface area contributed by atoms with Crippen molar-refractivity contribution in [2.45, 2.75) is 44.7 Å². The molecule has 0 saturated heterocycles. The van der Waals surface area contributed by atoms with Gasteiger partial charge < -0.3 is 15.4 Å². The number of nitrogens with zero attached hydrogens (tertiary/aromatic N) is 2. The molecule has 3 aromatic rings. The van der Waals surface area contributed by atoms with Crippen LogP contribution in [0.1, 0.15) is 47.5 Å². The second-order valence-corrected chi connectivity index (χ2v) is 9.75. The average molecular weight is 500 g/mol. The Morgan fingerprint density at radius 3 is 2.65 bits per heavy atom. The van der Waals surface area contributed by atoms with E-state index < -0.39 is 0 Å². The third-order valence-electron chi connectivity index (χ3n) is 5.18. The number of thioether (sulfide) groups is 1. The Kier molecular flexibility index (Phi) is 7.63. The van der Waals surface area contributed by atoms with Gasteiger partial charge in [0.1, 0.15) is 5.00 Å². The van der Waals surface area contributed by atoms with E-state index in [9.17, 15) is 14.4 Å². The monoisotopic (exact) mass is 499 g/mol. The van der Waals surface area contributed by atoms with E-state index in [1.165, 1.54) is 30.0 Å². The van der Waals surface area contributed by atoms with Gasteiger partial charge in [-0.1, -0.05) is 11.8 Å². The highest BCUT2D eigenvalue weighted by Gasteiger charge is 2.27. The number of ether oxygens (including phenoxy) is 1. The van der Waals surface area contributed by atoms with E-state index >= 15 is 0 Å². The van der Waals surface area contributed by atoms with Crippen LogP contribution in [0, 0.1) is 0 Å². The third-order valence-corrected chi connectivity index (χ3v) is 7.23. The molecule has 2 amide bonds. The van der Waals surface area contributed by atoms with Crippen molar-refractivity contribution < 1.29 is 19.1 Å². The van der Waals surface area contributed by atoms with Crippen LogP contribution in [0.4, 0.5) is 10.7 Å². The summed E-state index contributed by atoms with van der Waals surface area (Å²) in [6.45, 7) is 3.51. The topological polar surface area (TPSA) is 126 Å². The number of anilines is 2. The minimum atomic E-state index is -0.381. The van der Waals surface area contributed by atoms with E-state index in [1.54, 1.807) is 19.1 Å². The first-order chi connectivity index (χ1) is 16.4. The fraction of sp³-hybridized carbons (Fsp3) is 0.348. The lowest BCUT2D eigenvalue weighted by atomic mass is 9.95. The van der Waals surface area contributed by atoms with Crippen LogP contribution in [0.15, 0.2) is 29.4 Å². The molecular formula is C23H25N5O4S2. The average Bonchev–Trinajstić information content (AvgIpc) is 3.42. The molecule has 2 aromatic heterocycles. The minimum absolute atomic E-state index is 0.101. The number of carbonyl (C=O) groups is 3. The Morgan fingerprint density at radius 2 is 1.91 bits per heavy atom. The van der Waals surface area contributed by atoms with Gasteiger partial charge in [0, 0.05) is 23.1 Å². The molecule has 0 saturated carbocycles. The lowest BCUT2D eigenvalue weighted by Crippen LogP contribution is -2.17. The fourth-order valence-corrected chi connectivity index (χ4v) is 5.61. The molecule has 1 aromatic carbocycles. The quantitative estimate of drug-likeness (QED) is 0.312. The number of nitrogens with one attached hydrogen (secondary N) is 3. The largest absolute Gasteiger partial charge is 0.462 e. The van der Waals surface area contributed by atoms with Crippen LogP contribution in [-0.4, -0.2) is 45.3 Å². The molecule has 0 bridgehead atoms. The molecule has 0 atom stereocenters. The number of hydrogen-bond donors (Lipinski definition) is 3. The molecule has 0 aliphatic heterocycles. The number of benzene rings is 1. The molecule has 1 aliphatic carbocycles. The summed E-state index contributed by atoms with van der Waals surface area (Å²) in [6.07, 6.45) is 3.86. The lowest BCUT2D eigenvalue weighted by Gasteiger charge is -2.12. The highest BCUT2D eigenvalue weighted by Crippen LogP contribution is 2.38. The number of carbonyl (C=O) groups excluding carboxylic acids is 3. The third kappa shape index (κ3) is 5.65. The number of rotatable bonds is 8. The molecule has 0 radical (unpaired) electrons. The number of thiophene rings is 1. The van der Waals surface area contributed by atoms with Gasteiger partial charge in [-0.25, -0.2) is 9.78 Å². The summed E-state index contributed by atoms with van der Waals surface area (Å²) in [6, 6.07) is 7.20. The molecule has 0 spiro atoms. The molecule has 0 unspecified atom stereocenters. The second kappa shape index (κ2) is 10.8. The fourth-order valence-electron chi connectivity index (χ4n) is 3.72. The van der Waals surface area contributed by atoms with Crippen LogP contribution in [0.2, 0.25) is 0 Å². The molecule has 1 aliphatic rings. The van der Waals surface area contributed by atoms with Crippen molar-refractivity contribution in [1.82, 2.24) is 15.2 Å². The Labute approximate surface area is 205 Å². The van der Waals surface area contributed by atoms with E-state index in [2.05, 4.69) is 25.8 Å². The summed E-state index contributed by atoms with van der Waals surface area (Å²) < 4.78 is 5.24. The van der Waals surface area contributed by atoms with Crippen molar-refractivity contribution >= 4 is 51.6 Å². The van der Waals surface area contributed by atoms with Gasteiger partial charge in [-0.05, 0) is 62.4 Å². The minimum Gasteiger partial charge on any atom is -0.462 e. The summed E-state index contributed by atoms with van der Waals surface area (Å²) in [7, 11) is 0. The predicted octanol–water partition coefficient (Wildman–Crippen LogP) is 4.28. The number of fused-ring (bicyclic) bond motifs is 1. The van der Waals surface area contributed by atoms with Gasteiger partial charge >= 0.3 is 5.97 Å². The van der Waals surface area contributed by atoms with Crippen LogP contribution >= 0.6 is 23.1 Å². The number of aromatic amines is 1. The van der Waals surface area contributed by atoms with Crippen molar-refractivity contribution in [3.8, 4) is 11.4 Å². The van der Waals surface area contributed by atoms with Crippen molar-refractivity contribution in [2.75, 3.05) is 23.0 Å². The Bertz CT molecular complexity index is 1200. The van der Waals surface area contributed by atoms with Crippen molar-refractivity contribution in [3.63, 3.8) is 0 Å². The summed E-state index contributed by atoms with van der Waals surface area (Å²) >= 11 is 2.67. The molecular weight excluding hydrogens is 474 g/mol. The first-order valence-electron chi connectivity index (χ1n) is 11.0. The zero-order valence-corrected chi connectivity index (χ0v) is 20.5. The lowest BCUT2D eigenvalue weighted by molar-refractivity contribution is -0.114. The highest BCUT2D eigenvalue weighted by atomic mass is 32.2. The van der Waals surface area contributed by atoms with E-state index in [0.717, 1.165) is 41.7 Å². The Balaban J connectivity index is 1.39. The van der Waals surface area contributed by atoms with Crippen molar-refractivity contribution in [3.05, 3.63) is 40.3 Å². The maximum atomic E-state index is 12.7. The first-order valence-corrected chi connectivity index (χ1v) is 12.8. The van der Waals surface area contributed by atoms with Crippen LogP contribution in [0.25, 0.3) is 11.4 Å². The molecule has 9 nitrogen and oxygen atoms in total. The first kappa shape index (κ1) is 24.0. The number of esters is 1. The molecule has 3 N–H and O–H groups in total. The zero-order chi connectivity index (χ0) is 24.1. The summed E-state index contributed by atoms with van der Waals surface area (Å²) in [4.78, 5) is 41.9. The van der Waals surface area contributed by atoms with Crippen LogP contribution in [0.5, 0.6) is 0 Å². The molecule has 2 heterocycles. The zero-order valence-electron chi connectivity index (χ0n) is 18.9. The van der Waals surface area contributed by atoms with Crippen molar-refractivity contribution in [2.24, 2.45) is 0 Å². The summed E-state index contributed by atoms with van der Waals surface area (Å²) in [5.41, 5.74) is 3.02. The van der Waals surface area contributed by atoms with Gasteiger partial charge in [0.25, 0.3) is 0 Å². The normalized spacial score (nSPS) is 12.6. The standard InChI is InChI=1S/C23H25N5O4S2/c1-3-32-22(31)19-16-6-4-5-7-17(16)34-21(19)25-18(30)12-33-23-26-20(27-28-23)14-8-10-15(11-9-14)24-13(2)29/h8-11H,3-7,12H2,1-2H3,(H,24,29)(H,25,30)(H,26,27,28). The van der Waals surface area contributed by atoms with Crippen LogP contribution in [0.3, 0.4) is 0 Å². The van der Waals surface area contributed by atoms with E-state index in [1.807, 2.05) is 12.1 Å². The van der Waals surface area contributed by atoms with E-state index in [4.69, 9.17) is 4.74 Å². The number of H-pyrrole nitrogens is 1. The van der Waals surface area contributed by atoms with Crippen LogP contribution < -0.4 is 10.6 Å². The van der Waals surface area contributed by atoms with Gasteiger partial charge in [0.2, 0.25) is 17.0 Å². The molecule has 34 heavy (non-hydrogen) atoms. The number of hydrogen-bond acceptors (Lipinski definition) is 8. The van der Waals surface area contributed by atoms with Gasteiger partial charge in [-0.3, -0.25) is 14.7 Å². The smallest absolute Gasteiger partial charge is 0.341 e. The second-order valence-electron chi connectivity index (χ2n) is 7.70. The summed E-state index contributed by atoms with van der Waals surface area (Å²) in [5.74, 6) is -0.0914. The van der Waals surface area contributed by atoms with E-state index in [-0.39, 0.29) is 30.1 Å². The predicted molar refractivity (Wildman–Crippen MR) is 132 cm³/mol. The number of aromatic nitrogens is 3. The molecule has 4 rings (SSSR count). The van der Waals surface area contributed by atoms with Gasteiger partial charge in [-0.15, -0.1) is 16.4 Å². The maximum Gasteiger partial charge on any atom is 0.341 e. The Hall–Kier alpha value is -3.18. The molecule has 11 heteroatoms. The van der Waals surface area contributed by atoms with Gasteiger partial charge in [0.15, 0.2) is 5.82 Å². The Morgan fingerprint density at radius 1 is 1.15 bits per heavy atom. The van der Waals surface area contributed by atoms with Gasteiger partial charge in [-0.2, -0.15) is 0 Å². The SMILES string of the molecule is CCOC(=O)c1c(NC(=O)CSc2n[nH]c(-c3ccc(NC(C)=O)cc3)n2)sc2c1CCCC2. The van der Waals surface area contributed by atoms with Gasteiger partial charge in [0.05, 0.1) is 17.9 Å².